The van der Waals surface area contributed by atoms with Gasteiger partial charge in [-0.15, -0.1) is 6.58 Å². The maximum absolute atomic E-state index is 14.5. The molecule has 3 aliphatic rings. The van der Waals surface area contributed by atoms with Gasteiger partial charge >= 0.3 is 6.09 Å². The van der Waals surface area contributed by atoms with Gasteiger partial charge in [-0.05, 0) is 87.2 Å². The van der Waals surface area contributed by atoms with Gasteiger partial charge in [0.1, 0.15) is 17.7 Å². The van der Waals surface area contributed by atoms with Crippen LogP contribution in [0.5, 0.6) is 0 Å². The predicted molar refractivity (Wildman–Crippen MR) is 171 cm³/mol. The first kappa shape index (κ1) is 33.4. The van der Waals surface area contributed by atoms with Crippen molar-refractivity contribution < 1.29 is 23.9 Å². The third-order valence-corrected chi connectivity index (χ3v) is 9.41. The molecule has 1 heterocycles. The van der Waals surface area contributed by atoms with E-state index >= 15 is 0 Å². The van der Waals surface area contributed by atoms with Crippen molar-refractivity contribution >= 4 is 29.4 Å². The fourth-order valence-corrected chi connectivity index (χ4v) is 7.13. The smallest absolute Gasteiger partial charge is 0.408 e. The summed E-state index contributed by atoms with van der Waals surface area (Å²) in [5.74, 6) is -0.774. The second-order valence-electron chi connectivity index (χ2n) is 14.7. The average molecular weight is 607 g/mol. The maximum atomic E-state index is 14.5. The van der Waals surface area contributed by atoms with Gasteiger partial charge in [-0.1, -0.05) is 58.0 Å². The first-order valence-corrected chi connectivity index (χ1v) is 15.9. The molecule has 1 unspecified atom stereocenters. The Hall–Kier alpha value is -3.49. The normalized spacial score (nSPS) is 23.8. The Morgan fingerprint density at radius 3 is 2.27 bits per heavy atom. The first-order valence-electron chi connectivity index (χ1n) is 15.9. The van der Waals surface area contributed by atoms with Crippen LogP contribution in [-0.2, 0) is 32.0 Å². The van der Waals surface area contributed by atoms with Gasteiger partial charge in [0.2, 0.25) is 11.8 Å². The Balaban J connectivity index is 1.61. The summed E-state index contributed by atoms with van der Waals surface area (Å²) in [6.45, 7) is 19.7. The standard InChI is InChI=1S/C35H50N4O5/c1-10-15-36-21(4)30(40)26(16-20(2)3)37-31(41)29-27-25(35(27,8)9)19-39(29)32(42)28(38-33(43)44-34(5,6)7)24-17-22-13-11-12-14-23(22)18-24/h10-14,20,24-29H,1,15-19H2,2-9H3,(H,37,41)(H,38,43)/t25-,26?,27-,28+,29+/m1/s1. The lowest BCUT2D eigenvalue weighted by atomic mass is 9.93. The summed E-state index contributed by atoms with van der Waals surface area (Å²) in [4.78, 5) is 60.9. The van der Waals surface area contributed by atoms with Gasteiger partial charge in [0.25, 0.3) is 0 Å². The summed E-state index contributed by atoms with van der Waals surface area (Å²) >= 11 is 0. The van der Waals surface area contributed by atoms with E-state index < -0.39 is 29.8 Å². The lowest BCUT2D eigenvalue weighted by Crippen LogP contribution is -2.59. The number of Topliss-reactive ketones (excluding diaryl/α,β-unsaturated/α-hetero) is 1. The average Bonchev–Trinajstić information content (AvgIpc) is 3.29. The van der Waals surface area contributed by atoms with Crippen LogP contribution < -0.4 is 10.6 Å². The summed E-state index contributed by atoms with van der Waals surface area (Å²) in [6, 6.07) is 5.70. The van der Waals surface area contributed by atoms with Gasteiger partial charge in [-0.3, -0.25) is 19.4 Å². The molecule has 1 aromatic rings. The molecule has 3 amide bonds. The molecule has 1 aromatic carbocycles. The largest absolute Gasteiger partial charge is 0.444 e. The fourth-order valence-electron chi connectivity index (χ4n) is 7.13. The van der Waals surface area contributed by atoms with Crippen LogP contribution in [0.1, 0.15) is 72.9 Å². The Morgan fingerprint density at radius 2 is 1.73 bits per heavy atom. The molecule has 9 heteroatoms. The summed E-state index contributed by atoms with van der Waals surface area (Å²) in [6.07, 6.45) is 2.69. The van der Waals surface area contributed by atoms with Crippen LogP contribution in [0.2, 0.25) is 0 Å². The second kappa shape index (κ2) is 12.9. The number of carbonyl (C=O) groups excluding carboxylic acids is 4. The topological polar surface area (TPSA) is 117 Å². The molecule has 1 saturated heterocycles. The van der Waals surface area contributed by atoms with Gasteiger partial charge < -0.3 is 20.3 Å². The number of fused-ring (bicyclic) bond motifs is 2. The minimum atomic E-state index is -0.866. The highest BCUT2D eigenvalue weighted by molar-refractivity contribution is 6.41. The van der Waals surface area contributed by atoms with E-state index in [0.717, 1.165) is 11.1 Å². The van der Waals surface area contributed by atoms with E-state index in [2.05, 4.69) is 48.2 Å². The van der Waals surface area contributed by atoms with Crippen molar-refractivity contribution in [2.24, 2.45) is 34.1 Å². The van der Waals surface area contributed by atoms with Gasteiger partial charge in [0, 0.05) is 6.54 Å². The minimum absolute atomic E-state index is 0.0419. The Kier molecular flexibility index (Phi) is 9.76. The van der Waals surface area contributed by atoms with Crippen LogP contribution in [0.25, 0.3) is 0 Å². The number of piperidine rings is 1. The number of likely N-dealkylation sites (tertiary alicyclic amines) is 1. The number of rotatable bonds is 11. The van der Waals surface area contributed by atoms with Crippen molar-refractivity contribution in [2.75, 3.05) is 13.1 Å². The van der Waals surface area contributed by atoms with Crippen LogP contribution in [-0.4, -0.2) is 71.1 Å². The van der Waals surface area contributed by atoms with E-state index in [-0.39, 0.29) is 46.7 Å². The summed E-state index contributed by atoms with van der Waals surface area (Å²) < 4.78 is 5.57. The maximum Gasteiger partial charge on any atom is 0.408 e. The van der Waals surface area contributed by atoms with Crippen molar-refractivity contribution in [3.05, 3.63) is 48.0 Å². The Bertz CT molecular complexity index is 1300. The first-order chi connectivity index (χ1) is 20.5. The number of aliphatic imine (C=N–C) groups is 1. The van der Waals surface area contributed by atoms with E-state index in [9.17, 15) is 19.2 Å². The van der Waals surface area contributed by atoms with E-state index in [0.29, 0.717) is 38.1 Å². The highest BCUT2D eigenvalue weighted by atomic mass is 16.6. The van der Waals surface area contributed by atoms with Crippen molar-refractivity contribution in [2.45, 2.75) is 98.4 Å². The zero-order valence-electron chi connectivity index (χ0n) is 27.6. The molecule has 9 nitrogen and oxygen atoms in total. The van der Waals surface area contributed by atoms with Crippen molar-refractivity contribution in [1.29, 1.82) is 0 Å². The van der Waals surface area contributed by atoms with E-state index in [1.807, 2.05) is 26.0 Å². The molecule has 2 aliphatic carbocycles. The van der Waals surface area contributed by atoms with Gasteiger partial charge in [-0.25, -0.2) is 4.79 Å². The zero-order valence-corrected chi connectivity index (χ0v) is 27.6. The number of hydrogen-bond acceptors (Lipinski definition) is 6. The lowest BCUT2D eigenvalue weighted by molar-refractivity contribution is -0.143. The lowest BCUT2D eigenvalue weighted by Gasteiger charge is -2.35. The number of alkyl carbamates (subject to hydrolysis) is 1. The molecule has 0 aromatic heterocycles. The Labute approximate surface area is 262 Å². The molecule has 2 fully saturated rings. The molecule has 4 rings (SSSR count). The Morgan fingerprint density at radius 1 is 1.11 bits per heavy atom. The molecule has 1 saturated carbocycles. The molecular formula is C35H50N4O5. The molecule has 240 valence electrons. The minimum Gasteiger partial charge on any atom is -0.444 e. The molecule has 0 spiro atoms. The zero-order chi connectivity index (χ0) is 32.6. The van der Waals surface area contributed by atoms with Crippen molar-refractivity contribution in [1.82, 2.24) is 15.5 Å². The summed E-state index contributed by atoms with van der Waals surface area (Å²) in [5, 5.41) is 5.92. The second-order valence-corrected chi connectivity index (χ2v) is 14.7. The van der Waals surface area contributed by atoms with Crippen molar-refractivity contribution in [3.8, 4) is 0 Å². The SMILES string of the molecule is C=CCN=C(C)C(=O)C(CC(C)C)NC(=O)[C@@H]1[C@H]2[C@@H](CN1C(=O)[C@@H](NC(=O)OC(C)(C)C)C1Cc3ccccc3C1)C2(C)C. The van der Waals surface area contributed by atoms with Gasteiger partial charge in [-0.2, -0.15) is 0 Å². The highest BCUT2D eigenvalue weighted by Crippen LogP contribution is 2.65. The monoisotopic (exact) mass is 606 g/mol. The fraction of sp³-hybridized carbons (Fsp3) is 0.629. The molecular weight excluding hydrogens is 556 g/mol. The van der Waals surface area contributed by atoms with Crippen LogP contribution in [0.15, 0.2) is 41.9 Å². The summed E-state index contributed by atoms with van der Waals surface area (Å²) in [7, 11) is 0. The number of amides is 3. The van der Waals surface area contributed by atoms with Crippen LogP contribution in [0.3, 0.4) is 0 Å². The molecule has 0 bridgehead atoms. The molecule has 2 N–H and O–H groups in total. The highest BCUT2D eigenvalue weighted by Gasteiger charge is 2.69. The third kappa shape index (κ3) is 7.24. The quantitative estimate of drug-likeness (QED) is 0.284. The van der Waals surface area contributed by atoms with Crippen LogP contribution in [0, 0.1) is 29.1 Å². The number of benzene rings is 1. The number of ketones is 1. The molecule has 44 heavy (non-hydrogen) atoms. The molecule has 0 radical (unpaired) electrons. The van der Waals surface area contributed by atoms with Gasteiger partial charge in [0.05, 0.1) is 18.3 Å². The predicted octanol–water partition coefficient (Wildman–Crippen LogP) is 4.52. The number of nitrogens with zero attached hydrogens (tertiary/aromatic N) is 2. The van der Waals surface area contributed by atoms with Gasteiger partial charge in [0.15, 0.2) is 5.78 Å². The summed E-state index contributed by atoms with van der Waals surface area (Å²) in [5.41, 5.74) is 1.80. The third-order valence-electron chi connectivity index (χ3n) is 9.41. The van der Waals surface area contributed by atoms with E-state index in [1.54, 1.807) is 38.7 Å². The van der Waals surface area contributed by atoms with Crippen molar-refractivity contribution in [3.63, 3.8) is 0 Å². The number of nitrogens with one attached hydrogen (secondary N) is 2. The van der Waals surface area contributed by atoms with Crippen LogP contribution >= 0.6 is 0 Å². The number of carbonyl (C=O) groups is 4. The van der Waals surface area contributed by atoms with Crippen LogP contribution in [0.4, 0.5) is 4.79 Å². The number of ether oxygens (including phenoxy) is 1. The van der Waals surface area contributed by atoms with E-state index in [4.69, 9.17) is 4.74 Å². The number of hydrogen-bond donors (Lipinski definition) is 2. The molecule has 1 aliphatic heterocycles. The van der Waals surface area contributed by atoms with E-state index in [1.165, 1.54) is 0 Å². The molecule has 5 atom stereocenters.